The standard InChI is InChI=1S/C23H14F6N2S/c24-22(25,26)15-11-16(23(27,28)29)13-17(12-15)30-21-31-19-9-5-4-8-18(19)20(32-21)10-14-6-2-1-3-7-14/h1-13H,(H,30,31)/b20-10-. The smallest absolute Gasteiger partial charge is 0.334 e. The second-order valence-electron chi connectivity index (χ2n) is 6.87. The number of nitrogens with zero attached hydrogens (tertiary/aromatic N) is 1. The van der Waals surface area contributed by atoms with Gasteiger partial charge >= 0.3 is 12.4 Å². The highest BCUT2D eigenvalue weighted by Gasteiger charge is 2.37. The van der Waals surface area contributed by atoms with Crippen LogP contribution in [0.25, 0.3) is 11.0 Å². The van der Waals surface area contributed by atoms with Crippen molar-refractivity contribution in [2.45, 2.75) is 12.4 Å². The second-order valence-corrected chi connectivity index (χ2v) is 7.91. The number of alkyl halides is 6. The molecule has 1 aliphatic heterocycles. The summed E-state index contributed by atoms with van der Waals surface area (Å²) < 4.78 is 79.1. The zero-order valence-corrected chi connectivity index (χ0v) is 16.9. The average Bonchev–Trinajstić information content (AvgIpc) is 2.73. The Morgan fingerprint density at radius 2 is 1.34 bits per heavy atom. The summed E-state index contributed by atoms with van der Waals surface area (Å²) in [6, 6.07) is 17.9. The first-order chi connectivity index (χ1) is 15.1. The van der Waals surface area contributed by atoms with Crippen LogP contribution >= 0.6 is 11.8 Å². The molecule has 0 fully saturated rings. The van der Waals surface area contributed by atoms with Crippen molar-refractivity contribution in [1.29, 1.82) is 0 Å². The summed E-state index contributed by atoms with van der Waals surface area (Å²) in [6.45, 7) is 0. The Morgan fingerprint density at radius 3 is 1.97 bits per heavy atom. The van der Waals surface area contributed by atoms with Crippen molar-refractivity contribution in [1.82, 2.24) is 0 Å². The van der Waals surface area contributed by atoms with Crippen LogP contribution in [0, 0.1) is 0 Å². The Morgan fingerprint density at radius 1 is 0.750 bits per heavy atom. The molecule has 0 spiro atoms. The number of amidine groups is 1. The third kappa shape index (κ3) is 4.99. The Labute approximate surface area is 183 Å². The number of halogens is 6. The fourth-order valence-corrected chi connectivity index (χ4v) is 4.08. The minimum Gasteiger partial charge on any atom is -0.334 e. The maximum absolute atomic E-state index is 13.2. The van der Waals surface area contributed by atoms with Gasteiger partial charge in [0.15, 0.2) is 5.17 Å². The van der Waals surface area contributed by atoms with Gasteiger partial charge in [0.1, 0.15) is 0 Å². The summed E-state index contributed by atoms with van der Waals surface area (Å²) >= 11 is 1.13. The molecule has 1 aliphatic rings. The Kier molecular flexibility index (Phi) is 5.77. The van der Waals surface area contributed by atoms with Gasteiger partial charge < -0.3 is 5.32 Å². The Bertz CT molecular complexity index is 1160. The molecule has 0 saturated carbocycles. The van der Waals surface area contributed by atoms with Gasteiger partial charge in [0.2, 0.25) is 0 Å². The van der Waals surface area contributed by atoms with Crippen LogP contribution in [0.4, 0.5) is 37.7 Å². The van der Waals surface area contributed by atoms with Crippen LogP contribution in [0.15, 0.2) is 77.8 Å². The fraction of sp³-hybridized carbons (Fsp3) is 0.0870. The van der Waals surface area contributed by atoms with Crippen LogP contribution < -0.4 is 5.32 Å². The van der Waals surface area contributed by atoms with Crippen LogP contribution in [0.3, 0.4) is 0 Å². The zero-order chi connectivity index (χ0) is 22.9. The van der Waals surface area contributed by atoms with Crippen LogP contribution in [0.1, 0.15) is 22.3 Å². The van der Waals surface area contributed by atoms with Crippen molar-refractivity contribution in [2.75, 3.05) is 5.32 Å². The largest absolute Gasteiger partial charge is 0.416 e. The molecule has 1 N–H and O–H groups in total. The fourth-order valence-electron chi connectivity index (χ4n) is 3.08. The topological polar surface area (TPSA) is 24.4 Å². The number of thioether (sulfide) groups is 1. The lowest BCUT2D eigenvalue weighted by Gasteiger charge is -2.20. The summed E-state index contributed by atoms with van der Waals surface area (Å²) in [6.07, 6.45) is -7.97. The Hall–Kier alpha value is -3.20. The molecule has 4 rings (SSSR count). The monoisotopic (exact) mass is 464 g/mol. The molecule has 32 heavy (non-hydrogen) atoms. The lowest BCUT2D eigenvalue weighted by Crippen LogP contribution is -2.15. The zero-order valence-electron chi connectivity index (χ0n) is 16.1. The summed E-state index contributed by atoms with van der Waals surface area (Å²) in [5, 5.41) is 2.80. The SMILES string of the molecule is FC(F)(F)c1cc(NC2=Nc3ccccc3/C(=C/c3ccccc3)S2)cc(C(F)(F)F)c1. The highest BCUT2D eigenvalue weighted by molar-refractivity contribution is 8.22. The lowest BCUT2D eigenvalue weighted by molar-refractivity contribution is -0.143. The lowest BCUT2D eigenvalue weighted by atomic mass is 10.1. The van der Waals surface area contributed by atoms with Crippen molar-refractivity contribution in [3.05, 3.63) is 95.1 Å². The van der Waals surface area contributed by atoms with E-state index in [4.69, 9.17) is 0 Å². The van der Waals surface area contributed by atoms with E-state index in [0.29, 0.717) is 17.8 Å². The maximum atomic E-state index is 13.2. The third-order valence-electron chi connectivity index (χ3n) is 4.53. The van der Waals surface area contributed by atoms with E-state index in [-0.39, 0.29) is 16.9 Å². The van der Waals surface area contributed by atoms with Gasteiger partial charge in [0, 0.05) is 16.2 Å². The molecule has 2 nitrogen and oxygen atoms in total. The first-order valence-electron chi connectivity index (χ1n) is 9.29. The second kappa shape index (κ2) is 8.38. The number of anilines is 1. The third-order valence-corrected chi connectivity index (χ3v) is 5.48. The quantitative estimate of drug-likeness (QED) is 0.388. The van der Waals surface area contributed by atoms with Gasteiger partial charge in [0.25, 0.3) is 0 Å². The van der Waals surface area contributed by atoms with E-state index < -0.39 is 23.5 Å². The number of aliphatic imine (C=N–C) groups is 1. The van der Waals surface area contributed by atoms with E-state index in [9.17, 15) is 26.3 Å². The van der Waals surface area contributed by atoms with Crippen LogP contribution in [0.2, 0.25) is 0 Å². The van der Waals surface area contributed by atoms with Crippen LogP contribution in [-0.2, 0) is 12.4 Å². The van der Waals surface area contributed by atoms with Crippen molar-refractivity contribution in [2.24, 2.45) is 4.99 Å². The minimum atomic E-state index is -4.93. The number of benzene rings is 3. The molecule has 9 heteroatoms. The summed E-state index contributed by atoms with van der Waals surface area (Å²) in [4.78, 5) is 5.14. The predicted molar refractivity (Wildman–Crippen MR) is 116 cm³/mol. The molecule has 0 bridgehead atoms. The molecule has 3 aromatic carbocycles. The van der Waals surface area contributed by atoms with E-state index in [0.717, 1.165) is 27.8 Å². The average molecular weight is 464 g/mol. The molecule has 0 unspecified atom stereocenters. The van der Waals surface area contributed by atoms with Gasteiger partial charge in [0.05, 0.1) is 16.8 Å². The number of fused-ring (bicyclic) bond motifs is 1. The first-order valence-corrected chi connectivity index (χ1v) is 10.1. The number of rotatable bonds is 2. The molecular weight excluding hydrogens is 450 g/mol. The van der Waals surface area contributed by atoms with Gasteiger partial charge in [-0.15, -0.1) is 0 Å². The van der Waals surface area contributed by atoms with Gasteiger partial charge in [-0.25, -0.2) is 4.99 Å². The first kappa shape index (κ1) is 22.0. The van der Waals surface area contributed by atoms with E-state index in [1.54, 1.807) is 12.1 Å². The van der Waals surface area contributed by atoms with Gasteiger partial charge in [-0.3, -0.25) is 0 Å². The van der Waals surface area contributed by atoms with Crippen molar-refractivity contribution in [3.8, 4) is 0 Å². The molecule has 0 amide bonds. The Balaban J connectivity index is 1.74. The minimum absolute atomic E-state index is 0.0943. The van der Waals surface area contributed by atoms with Gasteiger partial charge in [-0.1, -0.05) is 60.3 Å². The number of nitrogens with one attached hydrogen (secondary N) is 1. The van der Waals surface area contributed by atoms with Crippen LogP contribution in [0.5, 0.6) is 0 Å². The highest BCUT2D eigenvalue weighted by atomic mass is 32.2. The molecule has 0 atom stereocenters. The predicted octanol–water partition coefficient (Wildman–Crippen LogP) is 8.07. The number of hydrogen-bond acceptors (Lipinski definition) is 3. The number of hydrogen-bond donors (Lipinski definition) is 1. The molecule has 0 radical (unpaired) electrons. The van der Waals surface area contributed by atoms with E-state index in [1.165, 1.54) is 0 Å². The molecule has 0 saturated heterocycles. The maximum Gasteiger partial charge on any atom is 0.416 e. The molecule has 3 aromatic rings. The summed E-state index contributed by atoms with van der Waals surface area (Å²) in [5.74, 6) is 0. The molecular formula is C23H14F6N2S. The van der Waals surface area contributed by atoms with Gasteiger partial charge in [-0.2, -0.15) is 26.3 Å². The normalized spacial score (nSPS) is 15.3. The molecule has 1 heterocycles. The number of para-hydroxylation sites is 1. The van der Waals surface area contributed by atoms with Gasteiger partial charge in [-0.05, 0) is 35.9 Å². The summed E-state index contributed by atoms with van der Waals surface area (Å²) in [5.41, 5.74) is -0.874. The summed E-state index contributed by atoms with van der Waals surface area (Å²) in [7, 11) is 0. The van der Waals surface area contributed by atoms with Crippen molar-refractivity contribution in [3.63, 3.8) is 0 Å². The van der Waals surface area contributed by atoms with E-state index in [2.05, 4.69) is 10.3 Å². The molecule has 0 aliphatic carbocycles. The van der Waals surface area contributed by atoms with E-state index in [1.807, 2.05) is 48.5 Å². The van der Waals surface area contributed by atoms with E-state index >= 15 is 0 Å². The van der Waals surface area contributed by atoms with Crippen molar-refractivity contribution < 1.29 is 26.3 Å². The molecule has 0 aromatic heterocycles. The van der Waals surface area contributed by atoms with Crippen LogP contribution in [-0.4, -0.2) is 5.17 Å². The van der Waals surface area contributed by atoms with Crippen molar-refractivity contribution >= 4 is 39.3 Å². The molecule has 164 valence electrons. The highest BCUT2D eigenvalue weighted by Crippen LogP contribution is 2.42.